The smallest absolute Gasteiger partial charge is 0.450 e. The zero-order valence-corrected chi connectivity index (χ0v) is 15.4. The van der Waals surface area contributed by atoms with Gasteiger partial charge in [-0.2, -0.15) is 30.7 Å². The highest BCUT2D eigenvalue weighted by molar-refractivity contribution is 7.09. The summed E-state index contributed by atoms with van der Waals surface area (Å²) >= 11 is 6.22. The molecule has 0 fully saturated rings. The number of nitrogens with one attached hydrogen (secondary N) is 1. The van der Waals surface area contributed by atoms with Crippen molar-refractivity contribution in [3.05, 3.63) is 53.0 Å². The molecule has 3 aromatic rings. The summed E-state index contributed by atoms with van der Waals surface area (Å²) in [4.78, 5) is 16.1. The highest BCUT2D eigenvalue weighted by Crippen LogP contribution is 2.39. The van der Waals surface area contributed by atoms with Gasteiger partial charge in [-0.1, -0.05) is 12.1 Å². The Labute approximate surface area is 167 Å². The highest BCUT2D eigenvalue weighted by Gasteiger charge is 2.41. The molecule has 13 heteroatoms. The number of nitrogens with zero attached hydrogens (tertiary/aromatic N) is 2. The van der Waals surface area contributed by atoms with E-state index >= 15 is 0 Å². The molecule has 0 radical (unpaired) electrons. The van der Waals surface area contributed by atoms with Crippen LogP contribution in [0.4, 0.5) is 31.5 Å². The van der Waals surface area contributed by atoms with Crippen molar-refractivity contribution in [1.29, 1.82) is 0 Å². The Hall–Kier alpha value is -2.60. The van der Waals surface area contributed by atoms with E-state index in [0.29, 0.717) is 17.6 Å². The van der Waals surface area contributed by atoms with Gasteiger partial charge in [0.15, 0.2) is 5.82 Å². The second kappa shape index (κ2) is 7.67. The minimum absolute atomic E-state index is 0.0639. The summed E-state index contributed by atoms with van der Waals surface area (Å²) < 4.78 is 87.0. The Morgan fingerprint density at radius 3 is 2.45 bits per heavy atom. The Balaban J connectivity index is 2.00. The lowest BCUT2D eigenvalue weighted by Crippen LogP contribution is -2.16. The molecule has 0 spiro atoms. The highest BCUT2D eigenvalue weighted by atomic mass is 35.5. The number of alkyl halides is 7. The van der Waals surface area contributed by atoms with Crippen LogP contribution in [0, 0.1) is 0 Å². The third-order valence-corrected chi connectivity index (χ3v) is 4.42. The third kappa shape index (κ3) is 4.70. The molecular weight excluding hydrogens is 448 g/mol. The van der Waals surface area contributed by atoms with Crippen molar-refractivity contribution >= 4 is 34.2 Å². The van der Waals surface area contributed by atoms with E-state index in [1.165, 1.54) is 0 Å². The van der Waals surface area contributed by atoms with Crippen LogP contribution in [0.15, 0.2) is 34.7 Å². The van der Waals surface area contributed by atoms with Gasteiger partial charge in [-0.25, -0.2) is 4.98 Å². The average molecular weight is 456 g/mol. The molecular formula is C16H8ClF6N3O2S. The number of hydrogen-bond acceptors (Lipinski definition) is 5. The minimum atomic E-state index is -5.06. The second-order valence-corrected chi connectivity index (χ2v) is 6.55. The van der Waals surface area contributed by atoms with Crippen LogP contribution in [0.5, 0.6) is 0 Å². The fraction of sp³-hybridized carbons (Fsp3) is 0.188. The first-order valence-electron chi connectivity index (χ1n) is 7.57. The normalized spacial score (nSPS) is 12.2. The first-order chi connectivity index (χ1) is 13.5. The van der Waals surface area contributed by atoms with Crippen molar-refractivity contribution in [2.45, 2.75) is 18.2 Å². The molecule has 3 rings (SSSR count). The monoisotopic (exact) mass is 455 g/mol. The van der Waals surface area contributed by atoms with Gasteiger partial charge in [-0.05, 0) is 18.2 Å². The topological polar surface area (TPSA) is 68.0 Å². The Morgan fingerprint density at radius 2 is 1.86 bits per heavy atom. The number of carbonyl (C=O) groups is 1. The van der Waals surface area contributed by atoms with Gasteiger partial charge < -0.3 is 4.42 Å². The maximum Gasteiger partial charge on any atom is 0.450 e. The molecule has 0 aliphatic carbocycles. The van der Waals surface area contributed by atoms with Gasteiger partial charge >= 0.3 is 12.4 Å². The van der Waals surface area contributed by atoms with Crippen LogP contribution < -0.4 is 5.32 Å². The number of rotatable bonds is 4. The Kier molecular flexibility index (Phi) is 5.59. The molecule has 0 saturated carbocycles. The second-order valence-electron chi connectivity index (χ2n) is 5.53. The quantitative estimate of drug-likeness (QED) is 0.397. The summed E-state index contributed by atoms with van der Waals surface area (Å²) in [7, 11) is 0. The number of aromatic nitrogens is 2. The van der Waals surface area contributed by atoms with Crippen molar-refractivity contribution < 1.29 is 35.6 Å². The summed E-state index contributed by atoms with van der Waals surface area (Å²) in [6.45, 7) is 0. The number of amides is 1. The summed E-state index contributed by atoms with van der Waals surface area (Å²) in [6, 6.07) is 4.25. The molecule has 1 N–H and O–H groups in total. The van der Waals surface area contributed by atoms with Gasteiger partial charge in [0, 0.05) is 17.1 Å². The molecule has 0 aliphatic heterocycles. The zero-order valence-electron chi connectivity index (χ0n) is 13.9. The fourth-order valence-electron chi connectivity index (χ4n) is 2.28. The molecule has 0 saturated heterocycles. The van der Waals surface area contributed by atoms with Gasteiger partial charge in [0.25, 0.3) is 5.91 Å². The lowest BCUT2D eigenvalue weighted by molar-refractivity contribution is -0.153. The summed E-state index contributed by atoms with van der Waals surface area (Å²) in [6.07, 6.45) is -9.76. The predicted octanol–water partition coefficient (Wildman–Crippen LogP) is 5.83. The molecule has 154 valence electrons. The maximum atomic E-state index is 13.3. The van der Waals surface area contributed by atoms with Gasteiger partial charge in [0.2, 0.25) is 10.9 Å². The van der Waals surface area contributed by atoms with Crippen LogP contribution in [-0.4, -0.2) is 15.3 Å². The van der Waals surface area contributed by atoms with Crippen LogP contribution in [0.3, 0.4) is 0 Å². The van der Waals surface area contributed by atoms with Crippen molar-refractivity contribution in [2.24, 2.45) is 0 Å². The molecule has 1 amide bonds. The van der Waals surface area contributed by atoms with Crippen LogP contribution in [0.1, 0.15) is 27.5 Å². The van der Waals surface area contributed by atoms with Crippen LogP contribution in [0.2, 0.25) is 0 Å². The van der Waals surface area contributed by atoms with E-state index in [1.54, 1.807) is 0 Å². The van der Waals surface area contributed by atoms with E-state index in [-0.39, 0.29) is 22.4 Å². The van der Waals surface area contributed by atoms with Crippen molar-refractivity contribution in [3.8, 4) is 11.3 Å². The molecule has 5 nitrogen and oxygen atoms in total. The van der Waals surface area contributed by atoms with Gasteiger partial charge in [-0.15, -0.1) is 11.6 Å². The van der Waals surface area contributed by atoms with Crippen molar-refractivity contribution in [1.82, 2.24) is 9.36 Å². The fourth-order valence-corrected chi connectivity index (χ4v) is 3.06. The average Bonchev–Trinajstić information content (AvgIpc) is 3.27. The molecule has 1 aromatic carbocycles. The van der Waals surface area contributed by atoms with Gasteiger partial charge in [0.05, 0.1) is 17.0 Å². The minimum Gasteiger partial charge on any atom is -0.451 e. The third-order valence-electron chi connectivity index (χ3n) is 3.52. The van der Waals surface area contributed by atoms with E-state index < -0.39 is 40.9 Å². The number of anilines is 1. The Morgan fingerprint density at radius 1 is 1.14 bits per heavy atom. The zero-order chi connectivity index (χ0) is 21.4. The standard InChI is InChI=1S/C16H8ClF6N3O2S/c17-6-11-24-14(29-26-11)25-13(27)9-5-10(28-12(9)16(21,22)23)7-2-1-3-8(4-7)15(18,19)20/h1-5H,6H2,(H,24,25,26,27). The SMILES string of the molecule is O=C(Nc1nc(CCl)ns1)c1cc(-c2cccc(C(F)(F)F)c2)oc1C(F)(F)F. The molecule has 2 aromatic heterocycles. The number of benzene rings is 1. The molecule has 2 heterocycles. The molecule has 0 atom stereocenters. The maximum absolute atomic E-state index is 13.3. The predicted molar refractivity (Wildman–Crippen MR) is 91.6 cm³/mol. The molecule has 29 heavy (non-hydrogen) atoms. The summed E-state index contributed by atoms with van der Waals surface area (Å²) in [5.74, 6) is -3.31. The number of furan rings is 1. The van der Waals surface area contributed by atoms with E-state index in [2.05, 4.69) is 14.7 Å². The summed E-state index contributed by atoms with van der Waals surface area (Å²) in [5, 5.41) is 2.04. The number of halogens is 7. The molecule has 0 bridgehead atoms. The van der Waals surface area contributed by atoms with Crippen LogP contribution in [-0.2, 0) is 18.2 Å². The summed E-state index contributed by atoms with van der Waals surface area (Å²) in [5.41, 5.74) is -2.26. The lowest BCUT2D eigenvalue weighted by Gasteiger charge is -2.07. The van der Waals surface area contributed by atoms with Crippen LogP contribution >= 0.6 is 23.1 Å². The Bertz CT molecular complexity index is 1040. The van der Waals surface area contributed by atoms with Gasteiger partial charge in [-0.3, -0.25) is 10.1 Å². The van der Waals surface area contributed by atoms with E-state index in [4.69, 9.17) is 16.0 Å². The van der Waals surface area contributed by atoms with Crippen LogP contribution in [0.25, 0.3) is 11.3 Å². The van der Waals surface area contributed by atoms with E-state index in [1.807, 2.05) is 0 Å². The lowest BCUT2D eigenvalue weighted by atomic mass is 10.1. The first kappa shape index (κ1) is 21.1. The van der Waals surface area contributed by atoms with Crippen molar-refractivity contribution in [3.63, 3.8) is 0 Å². The number of carbonyl (C=O) groups excluding carboxylic acids is 1. The first-order valence-corrected chi connectivity index (χ1v) is 8.88. The number of hydrogen-bond donors (Lipinski definition) is 1. The van der Waals surface area contributed by atoms with E-state index in [0.717, 1.165) is 24.3 Å². The van der Waals surface area contributed by atoms with Crippen molar-refractivity contribution in [2.75, 3.05) is 5.32 Å². The molecule has 0 unspecified atom stereocenters. The largest absolute Gasteiger partial charge is 0.451 e. The van der Waals surface area contributed by atoms with Gasteiger partial charge in [0.1, 0.15) is 5.76 Å². The van der Waals surface area contributed by atoms with E-state index in [9.17, 15) is 31.1 Å². The molecule has 0 aliphatic rings.